The van der Waals surface area contributed by atoms with Crippen molar-refractivity contribution in [1.82, 2.24) is 4.98 Å². The second-order valence-electron chi connectivity index (χ2n) is 3.98. The monoisotopic (exact) mass is 193 g/mol. The maximum absolute atomic E-state index is 10.3. The van der Waals surface area contributed by atoms with Crippen LogP contribution in [-0.4, -0.2) is 17.2 Å². The third kappa shape index (κ3) is 1.48. The lowest BCUT2D eigenvalue weighted by Crippen LogP contribution is -2.24. The Kier molecular flexibility index (Phi) is 2.19. The fourth-order valence-electron chi connectivity index (χ4n) is 1.80. The van der Waals surface area contributed by atoms with Crippen LogP contribution in [0.25, 0.3) is 0 Å². The number of aliphatic hydroxyl groups is 1. The molecule has 0 bridgehead atoms. The first-order chi connectivity index (χ1) is 6.66. The van der Waals surface area contributed by atoms with Crippen molar-refractivity contribution in [2.45, 2.75) is 25.4 Å². The Morgan fingerprint density at radius 1 is 1.57 bits per heavy atom. The van der Waals surface area contributed by atoms with E-state index in [-0.39, 0.29) is 0 Å². The zero-order valence-electron chi connectivity index (χ0n) is 8.53. The number of methoxy groups -OCH3 is 1. The Hall–Kier alpha value is -1.09. The first-order valence-electron chi connectivity index (χ1n) is 4.88. The lowest BCUT2D eigenvalue weighted by Gasteiger charge is -2.24. The average Bonchev–Trinajstić information content (AvgIpc) is 3.01. The molecule has 1 unspecified atom stereocenters. The molecule has 0 spiro atoms. The average molecular weight is 193 g/mol. The van der Waals surface area contributed by atoms with Gasteiger partial charge in [0, 0.05) is 11.8 Å². The molecular formula is C11H15NO2. The highest BCUT2D eigenvalue weighted by Gasteiger charge is 2.43. The van der Waals surface area contributed by atoms with Gasteiger partial charge in [0.05, 0.1) is 12.7 Å². The Labute approximate surface area is 83.7 Å². The standard InChI is InChI=1S/C11H15NO2/c1-11(13,8-5-6-8)9-4-3-7-12-10(9)14-2/h3-4,7-8,13H,5-6H2,1-2H3. The van der Waals surface area contributed by atoms with Gasteiger partial charge in [0.1, 0.15) is 0 Å². The van der Waals surface area contributed by atoms with E-state index in [9.17, 15) is 5.11 Å². The molecule has 1 atom stereocenters. The van der Waals surface area contributed by atoms with Gasteiger partial charge in [-0.25, -0.2) is 4.98 Å². The smallest absolute Gasteiger partial charge is 0.219 e. The van der Waals surface area contributed by atoms with Crippen LogP contribution in [0.2, 0.25) is 0 Å². The van der Waals surface area contributed by atoms with Crippen molar-refractivity contribution in [2.24, 2.45) is 5.92 Å². The molecule has 1 heterocycles. The lowest BCUT2D eigenvalue weighted by molar-refractivity contribution is 0.0301. The van der Waals surface area contributed by atoms with Crippen LogP contribution in [0.15, 0.2) is 18.3 Å². The van der Waals surface area contributed by atoms with Crippen molar-refractivity contribution < 1.29 is 9.84 Å². The fraction of sp³-hybridized carbons (Fsp3) is 0.545. The third-order valence-electron chi connectivity index (χ3n) is 2.88. The largest absolute Gasteiger partial charge is 0.481 e. The van der Waals surface area contributed by atoms with Gasteiger partial charge in [-0.3, -0.25) is 0 Å². The van der Waals surface area contributed by atoms with Crippen molar-refractivity contribution in [3.05, 3.63) is 23.9 Å². The minimum absolute atomic E-state index is 0.362. The van der Waals surface area contributed by atoms with Crippen molar-refractivity contribution >= 4 is 0 Å². The summed E-state index contributed by atoms with van der Waals surface area (Å²) in [6, 6.07) is 3.71. The molecule has 3 heteroatoms. The topological polar surface area (TPSA) is 42.4 Å². The molecule has 0 saturated heterocycles. The first kappa shape index (κ1) is 9.46. The van der Waals surface area contributed by atoms with E-state index in [4.69, 9.17) is 4.74 Å². The maximum Gasteiger partial charge on any atom is 0.219 e. The van der Waals surface area contributed by atoms with E-state index in [0.29, 0.717) is 11.8 Å². The van der Waals surface area contributed by atoms with E-state index >= 15 is 0 Å². The van der Waals surface area contributed by atoms with E-state index in [1.54, 1.807) is 13.3 Å². The molecule has 1 fully saturated rings. The molecule has 1 N–H and O–H groups in total. The van der Waals surface area contributed by atoms with Crippen LogP contribution in [0.4, 0.5) is 0 Å². The van der Waals surface area contributed by atoms with Crippen LogP contribution in [-0.2, 0) is 5.60 Å². The van der Waals surface area contributed by atoms with Gasteiger partial charge in [-0.1, -0.05) is 0 Å². The predicted octanol–water partition coefficient (Wildman–Crippen LogP) is 1.71. The summed E-state index contributed by atoms with van der Waals surface area (Å²) < 4.78 is 5.14. The van der Waals surface area contributed by atoms with E-state index in [1.165, 1.54) is 0 Å². The van der Waals surface area contributed by atoms with Crippen molar-refractivity contribution in [1.29, 1.82) is 0 Å². The van der Waals surface area contributed by atoms with Crippen molar-refractivity contribution in [3.8, 4) is 5.88 Å². The van der Waals surface area contributed by atoms with Gasteiger partial charge in [-0.05, 0) is 37.8 Å². The van der Waals surface area contributed by atoms with Gasteiger partial charge in [0.2, 0.25) is 5.88 Å². The van der Waals surface area contributed by atoms with E-state index in [2.05, 4.69) is 4.98 Å². The maximum atomic E-state index is 10.3. The first-order valence-corrected chi connectivity index (χ1v) is 4.88. The minimum atomic E-state index is -0.792. The molecule has 1 aromatic heterocycles. The molecule has 76 valence electrons. The minimum Gasteiger partial charge on any atom is -0.481 e. The Bertz CT molecular complexity index is 332. The third-order valence-corrected chi connectivity index (χ3v) is 2.88. The number of rotatable bonds is 3. The number of aromatic nitrogens is 1. The number of nitrogens with zero attached hydrogens (tertiary/aromatic N) is 1. The van der Waals surface area contributed by atoms with Crippen molar-refractivity contribution in [3.63, 3.8) is 0 Å². The molecule has 1 saturated carbocycles. The molecule has 0 radical (unpaired) electrons. The van der Waals surface area contributed by atoms with Gasteiger partial charge in [0.15, 0.2) is 0 Å². The molecule has 3 nitrogen and oxygen atoms in total. The van der Waals surface area contributed by atoms with Gasteiger partial charge in [-0.15, -0.1) is 0 Å². The fourth-order valence-corrected chi connectivity index (χ4v) is 1.80. The zero-order chi connectivity index (χ0) is 10.2. The molecule has 0 aliphatic heterocycles. The van der Waals surface area contributed by atoms with E-state index in [1.807, 2.05) is 19.1 Å². The quantitative estimate of drug-likeness (QED) is 0.794. The van der Waals surface area contributed by atoms with Gasteiger partial charge < -0.3 is 9.84 Å². The van der Waals surface area contributed by atoms with Gasteiger partial charge >= 0.3 is 0 Å². The Morgan fingerprint density at radius 2 is 2.29 bits per heavy atom. The van der Waals surface area contributed by atoms with Gasteiger partial charge in [0.25, 0.3) is 0 Å². The number of hydrogen-bond acceptors (Lipinski definition) is 3. The van der Waals surface area contributed by atoms with Crippen LogP contribution in [0, 0.1) is 5.92 Å². The van der Waals surface area contributed by atoms with Crippen LogP contribution in [0.5, 0.6) is 5.88 Å². The highest BCUT2D eigenvalue weighted by Crippen LogP contribution is 2.47. The highest BCUT2D eigenvalue weighted by molar-refractivity contribution is 5.32. The van der Waals surface area contributed by atoms with Crippen LogP contribution in [0.3, 0.4) is 0 Å². The van der Waals surface area contributed by atoms with Crippen LogP contribution >= 0.6 is 0 Å². The van der Waals surface area contributed by atoms with E-state index in [0.717, 1.165) is 18.4 Å². The second-order valence-corrected chi connectivity index (χ2v) is 3.98. The highest BCUT2D eigenvalue weighted by atomic mass is 16.5. The summed E-state index contributed by atoms with van der Waals surface area (Å²) in [6.45, 7) is 1.84. The SMILES string of the molecule is COc1ncccc1C(C)(O)C1CC1. The summed E-state index contributed by atoms with van der Waals surface area (Å²) in [6.07, 6.45) is 3.85. The normalized spacial score (nSPS) is 20.2. The molecule has 1 aliphatic rings. The summed E-state index contributed by atoms with van der Waals surface area (Å²) >= 11 is 0. The second kappa shape index (κ2) is 3.24. The van der Waals surface area contributed by atoms with Crippen LogP contribution < -0.4 is 4.74 Å². The molecule has 1 aromatic rings. The number of ether oxygens (including phenoxy) is 1. The van der Waals surface area contributed by atoms with Crippen LogP contribution in [0.1, 0.15) is 25.3 Å². The van der Waals surface area contributed by atoms with E-state index < -0.39 is 5.60 Å². The summed E-state index contributed by atoms with van der Waals surface area (Å²) in [5.74, 6) is 0.894. The number of hydrogen-bond donors (Lipinski definition) is 1. The molecule has 14 heavy (non-hydrogen) atoms. The summed E-state index contributed by atoms with van der Waals surface area (Å²) in [5, 5.41) is 10.3. The Balaban J connectivity index is 2.38. The molecule has 0 aromatic carbocycles. The summed E-state index contributed by atoms with van der Waals surface area (Å²) in [5.41, 5.74) is 0.00424. The van der Waals surface area contributed by atoms with Gasteiger partial charge in [-0.2, -0.15) is 0 Å². The zero-order valence-corrected chi connectivity index (χ0v) is 8.53. The molecule has 0 amide bonds. The predicted molar refractivity (Wildman–Crippen MR) is 53.1 cm³/mol. The summed E-state index contributed by atoms with van der Waals surface area (Å²) in [4.78, 5) is 4.09. The lowest BCUT2D eigenvalue weighted by atomic mass is 9.92. The number of pyridine rings is 1. The molecule has 1 aliphatic carbocycles. The van der Waals surface area contributed by atoms with Crippen molar-refractivity contribution in [2.75, 3.05) is 7.11 Å². The summed E-state index contributed by atoms with van der Waals surface area (Å²) in [7, 11) is 1.58. The molecule has 2 rings (SSSR count). The Morgan fingerprint density at radius 3 is 2.86 bits per heavy atom. The molecular weight excluding hydrogens is 178 g/mol.